The topological polar surface area (TPSA) is 98.3 Å². The fourth-order valence-corrected chi connectivity index (χ4v) is 1.11. The third-order valence-corrected chi connectivity index (χ3v) is 1.75. The first-order chi connectivity index (χ1) is 7.09. The molecule has 0 fully saturated rings. The van der Waals surface area contributed by atoms with Crippen molar-refractivity contribution in [1.29, 1.82) is 0 Å². The molecule has 1 aromatic rings. The maximum absolute atomic E-state index is 10.4. The number of hydrogen-bond acceptors (Lipinski definition) is 4. The molecule has 80 valence electrons. The van der Waals surface area contributed by atoms with Gasteiger partial charge in [-0.3, -0.25) is 14.9 Å². The number of non-ortho nitro benzene ring substituents is 1. The van der Waals surface area contributed by atoms with E-state index in [1.54, 1.807) is 12.1 Å². The summed E-state index contributed by atoms with van der Waals surface area (Å²) in [6.07, 6.45) is 0. The van der Waals surface area contributed by atoms with Crippen molar-refractivity contribution in [2.24, 2.45) is 5.73 Å². The molecule has 3 N–H and O–H groups in total. The number of hydrogen-bond donors (Lipinski definition) is 2. The van der Waals surface area contributed by atoms with E-state index in [1.807, 2.05) is 0 Å². The molecule has 0 saturated carbocycles. The molecule has 1 aromatic carbocycles. The Morgan fingerprint density at radius 2 is 2.27 bits per heavy atom. The minimum absolute atomic E-state index is 0.0355. The van der Waals surface area contributed by atoms with Crippen molar-refractivity contribution in [1.82, 2.24) is 5.32 Å². The first-order valence-electron chi connectivity index (χ1n) is 4.32. The van der Waals surface area contributed by atoms with E-state index in [2.05, 4.69) is 5.32 Å². The maximum atomic E-state index is 10.4. The number of carbonyl (C=O) groups excluding carboxylic acids is 1. The minimum Gasteiger partial charge on any atom is -0.369 e. The van der Waals surface area contributed by atoms with Crippen molar-refractivity contribution >= 4 is 11.6 Å². The Balaban J connectivity index is 2.58. The molecule has 0 saturated heterocycles. The van der Waals surface area contributed by atoms with Gasteiger partial charge in [-0.05, 0) is 5.56 Å². The Bertz CT molecular complexity index is 379. The molecule has 0 aromatic heterocycles. The van der Waals surface area contributed by atoms with Crippen LogP contribution in [0.25, 0.3) is 0 Å². The number of benzene rings is 1. The number of nitrogens with one attached hydrogen (secondary N) is 1. The Hall–Kier alpha value is -1.95. The molecule has 1 amide bonds. The van der Waals surface area contributed by atoms with Crippen molar-refractivity contribution in [3.8, 4) is 0 Å². The molecule has 6 heteroatoms. The minimum atomic E-state index is -0.461. The van der Waals surface area contributed by atoms with Crippen LogP contribution in [0.4, 0.5) is 5.69 Å². The zero-order valence-corrected chi connectivity index (χ0v) is 7.97. The predicted octanol–water partition coefficient (Wildman–Crippen LogP) is 0.170. The highest BCUT2D eigenvalue weighted by molar-refractivity contribution is 5.75. The highest BCUT2D eigenvalue weighted by Crippen LogP contribution is 2.12. The number of nitro groups is 1. The van der Waals surface area contributed by atoms with Crippen molar-refractivity contribution in [3.63, 3.8) is 0 Å². The average Bonchev–Trinajstić information content (AvgIpc) is 2.17. The highest BCUT2D eigenvalue weighted by Gasteiger charge is 2.05. The predicted molar refractivity (Wildman–Crippen MR) is 54.0 cm³/mol. The molecule has 0 aliphatic rings. The molecule has 0 aliphatic carbocycles. The Morgan fingerprint density at radius 3 is 2.87 bits per heavy atom. The summed E-state index contributed by atoms with van der Waals surface area (Å²) in [5.74, 6) is -0.458. The Kier molecular flexibility index (Phi) is 3.75. The lowest BCUT2D eigenvalue weighted by Crippen LogP contribution is -2.28. The van der Waals surface area contributed by atoms with Crippen LogP contribution in [-0.2, 0) is 11.3 Å². The quantitative estimate of drug-likeness (QED) is 0.533. The van der Waals surface area contributed by atoms with E-state index < -0.39 is 10.8 Å². The first-order valence-corrected chi connectivity index (χ1v) is 4.32. The van der Waals surface area contributed by atoms with E-state index in [-0.39, 0.29) is 12.2 Å². The van der Waals surface area contributed by atoms with E-state index in [0.29, 0.717) is 6.54 Å². The van der Waals surface area contributed by atoms with Gasteiger partial charge in [0.25, 0.3) is 5.69 Å². The van der Waals surface area contributed by atoms with E-state index in [4.69, 9.17) is 5.73 Å². The van der Waals surface area contributed by atoms with E-state index in [0.717, 1.165) is 5.56 Å². The average molecular weight is 209 g/mol. The summed E-state index contributed by atoms with van der Waals surface area (Å²) in [5, 5.41) is 13.2. The zero-order chi connectivity index (χ0) is 11.3. The summed E-state index contributed by atoms with van der Waals surface area (Å²) in [7, 11) is 0. The van der Waals surface area contributed by atoms with Crippen LogP contribution in [0.5, 0.6) is 0 Å². The van der Waals surface area contributed by atoms with Crippen LogP contribution < -0.4 is 11.1 Å². The molecule has 15 heavy (non-hydrogen) atoms. The van der Waals surface area contributed by atoms with Gasteiger partial charge in [0.05, 0.1) is 11.5 Å². The highest BCUT2D eigenvalue weighted by atomic mass is 16.6. The summed E-state index contributed by atoms with van der Waals surface area (Å²) >= 11 is 0. The lowest BCUT2D eigenvalue weighted by molar-refractivity contribution is -0.384. The smallest absolute Gasteiger partial charge is 0.269 e. The van der Waals surface area contributed by atoms with Crippen LogP contribution >= 0.6 is 0 Å². The first kappa shape index (κ1) is 11.1. The summed E-state index contributed by atoms with van der Waals surface area (Å²) < 4.78 is 0. The van der Waals surface area contributed by atoms with Crippen LogP contribution in [0.15, 0.2) is 24.3 Å². The fourth-order valence-electron chi connectivity index (χ4n) is 1.11. The van der Waals surface area contributed by atoms with Crippen LogP contribution in [-0.4, -0.2) is 17.4 Å². The van der Waals surface area contributed by atoms with Gasteiger partial charge in [-0.25, -0.2) is 0 Å². The van der Waals surface area contributed by atoms with Crippen molar-refractivity contribution in [3.05, 3.63) is 39.9 Å². The van der Waals surface area contributed by atoms with Crippen LogP contribution in [0, 0.1) is 10.1 Å². The van der Waals surface area contributed by atoms with Gasteiger partial charge >= 0.3 is 0 Å². The van der Waals surface area contributed by atoms with Crippen LogP contribution in [0.1, 0.15) is 5.56 Å². The molecular weight excluding hydrogens is 198 g/mol. The molecule has 0 unspecified atom stereocenters. The molecule has 0 atom stereocenters. The standard InChI is InChI=1S/C9H11N3O3/c10-9(13)6-11-5-7-2-1-3-8(4-7)12(14)15/h1-4,11H,5-6H2,(H2,10,13). The molecule has 1 rings (SSSR count). The van der Waals surface area contributed by atoms with Gasteiger partial charge in [-0.15, -0.1) is 0 Å². The van der Waals surface area contributed by atoms with Gasteiger partial charge in [-0.1, -0.05) is 12.1 Å². The van der Waals surface area contributed by atoms with Crippen molar-refractivity contribution < 1.29 is 9.72 Å². The molecule has 0 heterocycles. The number of amides is 1. The number of nitrogens with zero attached hydrogens (tertiary/aromatic N) is 1. The number of nitrogens with two attached hydrogens (primary N) is 1. The van der Waals surface area contributed by atoms with Crippen LogP contribution in [0.3, 0.4) is 0 Å². The molecule has 6 nitrogen and oxygen atoms in total. The third-order valence-electron chi connectivity index (χ3n) is 1.75. The number of carbonyl (C=O) groups is 1. The summed E-state index contributed by atoms with van der Waals surface area (Å²) in [6, 6.07) is 6.20. The Labute approximate surface area is 86.2 Å². The summed E-state index contributed by atoms with van der Waals surface area (Å²) in [5.41, 5.74) is 5.70. The van der Waals surface area contributed by atoms with Crippen molar-refractivity contribution in [2.75, 3.05) is 6.54 Å². The van der Waals surface area contributed by atoms with Gasteiger partial charge in [0.1, 0.15) is 0 Å². The second kappa shape index (κ2) is 5.06. The lowest BCUT2D eigenvalue weighted by Gasteiger charge is -2.01. The molecule has 0 radical (unpaired) electrons. The molecule has 0 spiro atoms. The molecule has 0 bridgehead atoms. The fraction of sp³-hybridized carbons (Fsp3) is 0.222. The van der Waals surface area contributed by atoms with Gasteiger partial charge < -0.3 is 11.1 Å². The summed E-state index contributed by atoms with van der Waals surface area (Å²) in [4.78, 5) is 20.4. The number of nitro benzene ring substituents is 1. The molecule has 0 aliphatic heterocycles. The lowest BCUT2D eigenvalue weighted by atomic mass is 10.2. The maximum Gasteiger partial charge on any atom is 0.269 e. The molecular formula is C9H11N3O3. The number of rotatable bonds is 5. The van der Waals surface area contributed by atoms with Crippen LogP contribution in [0.2, 0.25) is 0 Å². The normalized spacial score (nSPS) is 9.87. The largest absolute Gasteiger partial charge is 0.369 e. The second-order valence-electron chi connectivity index (χ2n) is 3.00. The third kappa shape index (κ3) is 3.74. The van der Waals surface area contributed by atoms with E-state index >= 15 is 0 Å². The Morgan fingerprint density at radius 1 is 1.53 bits per heavy atom. The second-order valence-corrected chi connectivity index (χ2v) is 3.00. The number of primary amides is 1. The van der Waals surface area contributed by atoms with Gasteiger partial charge in [-0.2, -0.15) is 0 Å². The summed E-state index contributed by atoms with van der Waals surface area (Å²) in [6.45, 7) is 0.438. The van der Waals surface area contributed by atoms with E-state index in [9.17, 15) is 14.9 Å². The van der Waals surface area contributed by atoms with Crippen molar-refractivity contribution in [2.45, 2.75) is 6.54 Å². The SMILES string of the molecule is NC(=O)CNCc1cccc([N+](=O)[O-])c1. The monoisotopic (exact) mass is 209 g/mol. The van der Waals surface area contributed by atoms with E-state index in [1.165, 1.54) is 12.1 Å². The zero-order valence-electron chi connectivity index (χ0n) is 7.97. The van der Waals surface area contributed by atoms with Gasteiger partial charge in [0.15, 0.2) is 0 Å². The van der Waals surface area contributed by atoms with Gasteiger partial charge in [0.2, 0.25) is 5.91 Å². The van der Waals surface area contributed by atoms with Gasteiger partial charge in [0, 0.05) is 18.7 Å².